The van der Waals surface area contributed by atoms with Crippen LogP contribution in [0.15, 0.2) is 0 Å². The molecule has 4 saturated carbocycles. The second-order valence-corrected chi connectivity index (χ2v) is 12.3. The van der Waals surface area contributed by atoms with Gasteiger partial charge in [-0.15, -0.1) is 0 Å². The maximum Gasteiger partial charge on any atom is 0.468 e. The molecule has 8 nitrogen and oxygen atoms in total. The van der Waals surface area contributed by atoms with Crippen molar-refractivity contribution < 1.29 is 67.5 Å². The summed E-state index contributed by atoms with van der Waals surface area (Å²) in [6.45, 7) is -0.339. The summed E-state index contributed by atoms with van der Waals surface area (Å²) in [5, 5.41) is -5.94. The van der Waals surface area contributed by atoms with Crippen LogP contribution in [-0.2, 0) is 33.9 Å². The average molecular weight is 601 g/mol. The van der Waals surface area contributed by atoms with Crippen molar-refractivity contribution in [3.8, 4) is 0 Å². The molecule has 0 spiro atoms. The number of carbonyl (C=O) groups is 2. The van der Waals surface area contributed by atoms with Crippen molar-refractivity contribution in [2.75, 3.05) is 13.2 Å². The molecular formula is C23H31F7O8S. The first-order chi connectivity index (χ1) is 17.8. The van der Waals surface area contributed by atoms with Crippen molar-refractivity contribution in [3.63, 3.8) is 0 Å². The van der Waals surface area contributed by atoms with Gasteiger partial charge in [-0.3, -0.25) is 9.35 Å². The Labute approximate surface area is 220 Å². The van der Waals surface area contributed by atoms with E-state index in [-0.39, 0.29) is 43.4 Å². The predicted molar refractivity (Wildman–Crippen MR) is 118 cm³/mol. The van der Waals surface area contributed by atoms with Gasteiger partial charge in [0.25, 0.3) is 0 Å². The van der Waals surface area contributed by atoms with Crippen LogP contribution in [0.5, 0.6) is 0 Å². The third-order valence-electron chi connectivity index (χ3n) is 7.77. The molecule has 4 aliphatic rings. The number of carbonyl (C=O) groups excluding carboxylic acids is 2. The first kappa shape index (κ1) is 31.8. The molecule has 39 heavy (non-hydrogen) atoms. The Hall–Kier alpha value is -1.68. The summed E-state index contributed by atoms with van der Waals surface area (Å²) in [7, 11) is -6.56. The van der Waals surface area contributed by atoms with Gasteiger partial charge >= 0.3 is 45.2 Å². The Balaban J connectivity index is 1.83. The van der Waals surface area contributed by atoms with Crippen molar-refractivity contribution in [1.82, 2.24) is 0 Å². The average Bonchev–Trinajstić information content (AvgIpc) is 2.78. The molecular weight excluding hydrogens is 569 g/mol. The Bertz CT molecular complexity index is 995. The predicted octanol–water partition coefficient (Wildman–Crippen LogP) is 5.26. The van der Waals surface area contributed by atoms with Crippen molar-refractivity contribution in [3.05, 3.63) is 0 Å². The molecule has 0 saturated heterocycles. The molecule has 1 unspecified atom stereocenters. The molecule has 0 heterocycles. The summed E-state index contributed by atoms with van der Waals surface area (Å²) < 4.78 is 141. The molecule has 4 fully saturated rings. The molecule has 4 aliphatic carbocycles. The lowest BCUT2D eigenvalue weighted by Gasteiger charge is -2.55. The van der Waals surface area contributed by atoms with E-state index in [9.17, 15) is 48.7 Å². The summed E-state index contributed by atoms with van der Waals surface area (Å²) in [4.78, 5) is 26.0. The van der Waals surface area contributed by atoms with E-state index in [1.165, 1.54) is 0 Å². The van der Waals surface area contributed by atoms with E-state index in [2.05, 4.69) is 9.47 Å². The maximum absolute atomic E-state index is 14.4. The number of ether oxygens (including phenoxy) is 3. The molecule has 4 bridgehead atoms. The fourth-order valence-electron chi connectivity index (χ4n) is 6.23. The van der Waals surface area contributed by atoms with Crippen molar-refractivity contribution >= 4 is 22.1 Å². The molecule has 1 N–H and O–H groups in total. The number of unbranched alkanes of at least 4 members (excludes halogenated alkanes) is 1. The Morgan fingerprint density at radius 1 is 0.897 bits per heavy atom. The molecule has 4 rings (SSSR count). The third-order valence-corrected chi connectivity index (χ3v) is 8.72. The van der Waals surface area contributed by atoms with Crippen LogP contribution < -0.4 is 0 Å². The monoisotopic (exact) mass is 600 g/mol. The lowest BCUT2D eigenvalue weighted by molar-refractivity contribution is -0.359. The number of alkyl halides is 7. The summed E-state index contributed by atoms with van der Waals surface area (Å²) >= 11 is 0. The zero-order chi connectivity index (χ0) is 29.5. The van der Waals surface area contributed by atoms with E-state index in [1.807, 2.05) is 0 Å². The molecule has 0 aliphatic heterocycles. The number of hydrogen-bond donors (Lipinski definition) is 1. The fraction of sp³-hybridized carbons (Fsp3) is 0.913. The van der Waals surface area contributed by atoms with E-state index in [4.69, 9.17) is 9.29 Å². The van der Waals surface area contributed by atoms with Gasteiger partial charge in [-0.05, 0) is 69.1 Å². The van der Waals surface area contributed by atoms with Crippen LogP contribution in [0.4, 0.5) is 30.7 Å². The van der Waals surface area contributed by atoms with Crippen LogP contribution in [0.3, 0.4) is 0 Å². The topological polar surface area (TPSA) is 116 Å². The molecule has 1 atom stereocenters. The summed E-state index contributed by atoms with van der Waals surface area (Å²) in [6.07, 6.45) is -5.34. The van der Waals surface area contributed by atoms with Gasteiger partial charge in [0.2, 0.25) is 0 Å². The fourth-order valence-corrected chi connectivity index (χ4v) is 6.71. The van der Waals surface area contributed by atoms with Gasteiger partial charge in [-0.1, -0.05) is 13.3 Å². The SMILES string of the molecule is CCCCOC(=O)C(OCCCC(F)(F)C(F)(F)S(=O)(=O)O)(OC(=O)C12CC3CC(CC(C3)C1)C2)C(F)(F)F. The standard InChI is InChI=1S/C23H31F7O8S/c1-2-3-6-36-18(32)21(22(26,27)28,37-7-4-5-20(24,25)23(29,30)39(33,34)35)38-17(31)19-11-14-8-15(12-19)10-16(9-14)13-19/h14-16H,2-13H2,1H3,(H,33,34,35). The molecule has 0 amide bonds. The van der Waals surface area contributed by atoms with Crippen LogP contribution >= 0.6 is 0 Å². The van der Waals surface area contributed by atoms with Gasteiger partial charge in [0, 0.05) is 6.42 Å². The summed E-state index contributed by atoms with van der Waals surface area (Å²) in [6, 6.07) is 0. The van der Waals surface area contributed by atoms with E-state index in [0.717, 1.165) is 19.3 Å². The quantitative estimate of drug-likeness (QED) is 0.100. The van der Waals surface area contributed by atoms with Gasteiger partial charge in [0.05, 0.1) is 18.6 Å². The van der Waals surface area contributed by atoms with Gasteiger partial charge in [0.1, 0.15) is 0 Å². The molecule has 16 heteroatoms. The Morgan fingerprint density at radius 3 is 1.85 bits per heavy atom. The highest BCUT2D eigenvalue weighted by molar-refractivity contribution is 7.87. The summed E-state index contributed by atoms with van der Waals surface area (Å²) in [5.74, 6) is -12.9. The van der Waals surface area contributed by atoms with Crippen LogP contribution in [0, 0.1) is 23.2 Å². The normalized spacial score (nSPS) is 28.7. The maximum atomic E-state index is 14.4. The number of halogens is 7. The lowest BCUT2D eigenvalue weighted by atomic mass is 9.49. The van der Waals surface area contributed by atoms with Gasteiger partial charge in [0.15, 0.2) is 0 Å². The van der Waals surface area contributed by atoms with E-state index in [1.54, 1.807) is 6.92 Å². The minimum atomic E-state index is -6.56. The smallest absolute Gasteiger partial charge is 0.461 e. The largest absolute Gasteiger partial charge is 0.468 e. The third kappa shape index (κ3) is 6.16. The number of hydrogen-bond acceptors (Lipinski definition) is 7. The Morgan fingerprint density at radius 2 is 1.41 bits per heavy atom. The number of rotatable bonds is 13. The van der Waals surface area contributed by atoms with Crippen molar-refractivity contribution in [2.24, 2.45) is 23.2 Å². The van der Waals surface area contributed by atoms with Crippen LogP contribution in [0.25, 0.3) is 0 Å². The lowest BCUT2D eigenvalue weighted by Crippen LogP contribution is -2.61. The highest BCUT2D eigenvalue weighted by atomic mass is 32.2. The molecule has 0 aromatic carbocycles. The van der Waals surface area contributed by atoms with Crippen LogP contribution in [-0.4, -0.2) is 61.3 Å². The second-order valence-electron chi connectivity index (χ2n) is 10.8. The molecule has 0 radical (unpaired) electrons. The Kier molecular flexibility index (Phi) is 8.94. The minimum Gasteiger partial charge on any atom is -0.461 e. The van der Waals surface area contributed by atoms with E-state index >= 15 is 0 Å². The van der Waals surface area contributed by atoms with E-state index < -0.39 is 76.7 Å². The zero-order valence-electron chi connectivity index (χ0n) is 21.1. The zero-order valence-corrected chi connectivity index (χ0v) is 21.9. The first-order valence-corrected chi connectivity index (χ1v) is 14.1. The molecule has 0 aromatic rings. The van der Waals surface area contributed by atoms with Gasteiger partial charge < -0.3 is 14.2 Å². The van der Waals surface area contributed by atoms with Gasteiger partial charge in [-0.25, -0.2) is 4.79 Å². The molecule has 226 valence electrons. The second kappa shape index (κ2) is 11.0. The van der Waals surface area contributed by atoms with Crippen molar-refractivity contribution in [2.45, 2.75) is 94.3 Å². The summed E-state index contributed by atoms with van der Waals surface area (Å²) in [5.41, 5.74) is -1.29. The van der Waals surface area contributed by atoms with Crippen LogP contribution in [0.2, 0.25) is 0 Å². The minimum absolute atomic E-state index is 0.105. The van der Waals surface area contributed by atoms with Crippen molar-refractivity contribution in [1.29, 1.82) is 0 Å². The molecule has 0 aromatic heterocycles. The highest BCUT2D eigenvalue weighted by Gasteiger charge is 2.70. The van der Waals surface area contributed by atoms with Crippen LogP contribution in [0.1, 0.15) is 71.1 Å². The first-order valence-electron chi connectivity index (χ1n) is 12.6. The van der Waals surface area contributed by atoms with E-state index in [0.29, 0.717) is 6.42 Å². The van der Waals surface area contributed by atoms with Gasteiger partial charge in [-0.2, -0.15) is 39.2 Å². The highest BCUT2D eigenvalue weighted by Crippen LogP contribution is 2.61. The number of esters is 2.